The third kappa shape index (κ3) is 2.24. The van der Waals surface area contributed by atoms with Crippen molar-refractivity contribution in [1.82, 2.24) is 9.97 Å². The normalized spacial score (nSPS) is 15.2. The highest BCUT2D eigenvalue weighted by Crippen LogP contribution is 2.49. The Labute approximate surface area is 151 Å². The number of rotatable bonds is 4. The number of carbonyl (C=O) groups is 2. The number of nitrogens with one attached hydrogen (secondary N) is 1. The minimum atomic E-state index is -0.916. The van der Waals surface area contributed by atoms with Gasteiger partial charge in [-0.25, -0.2) is 8.78 Å². The topological polar surface area (TPSA) is 88.8 Å². The van der Waals surface area contributed by atoms with Crippen LogP contribution in [0.2, 0.25) is 5.02 Å². The van der Waals surface area contributed by atoms with E-state index in [1.54, 1.807) is 6.07 Å². The molecule has 0 spiro atoms. The van der Waals surface area contributed by atoms with Gasteiger partial charge in [0.2, 0.25) is 5.91 Å². The summed E-state index contributed by atoms with van der Waals surface area (Å²) in [6.45, 7) is 0. The number of benzene rings is 1. The average molecular weight is 376 g/mol. The average Bonchev–Trinajstić information content (AvgIpc) is 3.31. The van der Waals surface area contributed by atoms with Gasteiger partial charge >= 0.3 is 0 Å². The molecular weight excluding hydrogens is 364 g/mol. The van der Waals surface area contributed by atoms with Crippen molar-refractivity contribution in [3.63, 3.8) is 0 Å². The van der Waals surface area contributed by atoms with Gasteiger partial charge in [-0.3, -0.25) is 14.6 Å². The first kappa shape index (κ1) is 16.7. The Morgan fingerprint density at radius 2 is 1.88 bits per heavy atom. The third-order valence-corrected chi connectivity index (χ3v) is 5.16. The van der Waals surface area contributed by atoms with Crippen LogP contribution in [-0.4, -0.2) is 21.7 Å². The fraction of sp³-hybridized carbons (Fsp3) is 0.167. The Balaban J connectivity index is 1.89. The number of aromatic amines is 1. The number of hydrogen-bond acceptors (Lipinski definition) is 3. The molecule has 3 aromatic rings. The van der Waals surface area contributed by atoms with Crippen LogP contribution in [0.5, 0.6) is 0 Å². The van der Waals surface area contributed by atoms with E-state index in [2.05, 4.69) is 9.97 Å². The van der Waals surface area contributed by atoms with Crippen LogP contribution in [0.4, 0.5) is 8.78 Å². The minimum absolute atomic E-state index is 0.107. The standard InChI is InChI=1S/C18H12ClF2N3O2/c19-13-11(21)2-1-10(20)12(13)15(25)9-7-24-14-8(9)3-6-23-16(14)18(4-5-18)17(22)26/h1-3,6-7,24H,4-5H2,(H2,22,26). The van der Waals surface area contributed by atoms with Crippen LogP contribution in [0.1, 0.15) is 34.5 Å². The summed E-state index contributed by atoms with van der Waals surface area (Å²) in [4.78, 5) is 31.8. The van der Waals surface area contributed by atoms with Gasteiger partial charge in [-0.2, -0.15) is 0 Å². The van der Waals surface area contributed by atoms with E-state index in [0.717, 1.165) is 12.1 Å². The SMILES string of the molecule is NC(=O)C1(c2nccc3c(C(=O)c4c(F)ccc(F)c4Cl)c[nH]c23)CC1. The monoisotopic (exact) mass is 375 g/mol. The summed E-state index contributed by atoms with van der Waals surface area (Å²) < 4.78 is 27.8. The predicted molar refractivity (Wildman–Crippen MR) is 91.0 cm³/mol. The number of fused-ring (bicyclic) bond motifs is 1. The molecule has 26 heavy (non-hydrogen) atoms. The van der Waals surface area contributed by atoms with Crippen molar-refractivity contribution in [2.75, 3.05) is 0 Å². The summed E-state index contributed by atoms with van der Waals surface area (Å²) in [7, 11) is 0. The van der Waals surface area contributed by atoms with Gasteiger partial charge in [-0.1, -0.05) is 11.6 Å². The highest BCUT2D eigenvalue weighted by atomic mass is 35.5. The lowest BCUT2D eigenvalue weighted by atomic mass is 9.97. The van der Waals surface area contributed by atoms with E-state index in [4.69, 9.17) is 17.3 Å². The number of nitrogens with zero attached hydrogens (tertiary/aromatic N) is 1. The maximum Gasteiger partial charge on any atom is 0.229 e. The molecule has 1 aliphatic carbocycles. The first-order valence-electron chi connectivity index (χ1n) is 7.81. The Kier molecular flexibility index (Phi) is 3.59. The fourth-order valence-corrected chi connectivity index (χ4v) is 3.44. The molecule has 8 heteroatoms. The molecule has 4 rings (SSSR count). The Bertz CT molecular complexity index is 1090. The number of primary amides is 1. The van der Waals surface area contributed by atoms with Crippen LogP contribution in [-0.2, 0) is 10.2 Å². The second kappa shape index (κ2) is 5.60. The molecule has 2 heterocycles. The largest absolute Gasteiger partial charge is 0.369 e. The molecule has 5 nitrogen and oxygen atoms in total. The van der Waals surface area contributed by atoms with E-state index in [9.17, 15) is 18.4 Å². The molecule has 1 aliphatic rings. The summed E-state index contributed by atoms with van der Waals surface area (Å²) in [6.07, 6.45) is 3.97. The quantitative estimate of drug-likeness (QED) is 0.542. The Morgan fingerprint density at radius 1 is 1.19 bits per heavy atom. The minimum Gasteiger partial charge on any atom is -0.369 e. The van der Waals surface area contributed by atoms with Crippen LogP contribution in [0.3, 0.4) is 0 Å². The molecule has 3 N–H and O–H groups in total. The Hall–Kier alpha value is -2.80. The van der Waals surface area contributed by atoms with Gasteiger partial charge in [0.05, 0.1) is 27.2 Å². The van der Waals surface area contributed by atoms with Crippen molar-refractivity contribution < 1.29 is 18.4 Å². The van der Waals surface area contributed by atoms with Crippen LogP contribution in [0.25, 0.3) is 10.9 Å². The van der Waals surface area contributed by atoms with Gasteiger partial charge in [0, 0.05) is 23.3 Å². The molecule has 1 aromatic carbocycles. The molecule has 1 fully saturated rings. The summed E-state index contributed by atoms with van der Waals surface area (Å²) in [5.41, 5.74) is 5.14. The Morgan fingerprint density at radius 3 is 2.54 bits per heavy atom. The number of nitrogens with two attached hydrogens (primary N) is 1. The van der Waals surface area contributed by atoms with Crippen molar-refractivity contribution in [2.45, 2.75) is 18.3 Å². The lowest BCUT2D eigenvalue weighted by Gasteiger charge is -2.11. The van der Waals surface area contributed by atoms with Crippen LogP contribution >= 0.6 is 11.6 Å². The molecule has 0 saturated heterocycles. The number of carbonyl (C=O) groups excluding carboxylic acids is 2. The molecular formula is C18H12ClF2N3O2. The van der Waals surface area contributed by atoms with Gasteiger partial charge in [-0.05, 0) is 31.0 Å². The number of ketones is 1. The van der Waals surface area contributed by atoms with Gasteiger partial charge in [-0.15, -0.1) is 0 Å². The maximum atomic E-state index is 14.1. The first-order valence-corrected chi connectivity index (χ1v) is 8.19. The van der Waals surface area contributed by atoms with E-state index < -0.39 is 39.3 Å². The van der Waals surface area contributed by atoms with Crippen molar-refractivity contribution in [1.29, 1.82) is 0 Å². The molecule has 2 aromatic heterocycles. The summed E-state index contributed by atoms with van der Waals surface area (Å²) in [6, 6.07) is 3.27. The van der Waals surface area contributed by atoms with Gasteiger partial charge in [0.15, 0.2) is 5.78 Å². The molecule has 1 amide bonds. The number of hydrogen-bond donors (Lipinski definition) is 2. The molecule has 1 saturated carbocycles. The van der Waals surface area contributed by atoms with Crippen LogP contribution < -0.4 is 5.73 Å². The van der Waals surface area contributed by atoms with Gasteiger partial charge in [0.1, 0.15) is 11.6 Å². The lowest BCUT2D eigenvalue weighted by molar-refractivity contribution is -0.120. The zero-order chi connectivity index (χ0) is 18.6. The van der Waals surface area contributed by atoms with E-state index in [0.29, 0.717) is 29.4 Å². The summed E-state index contributed by atoms with van der Waals surface area (Å²) in [5, 5.41) is -0.137. The van der Waals surface area contributed by atoms with Crippen molar-refractivity contribution in [2.24, 2.45) is 5.73 Å². The maximum absolute atomic E-state index is 14.1. The third-order valence-electron chi connectivity index (χ3n) is 4.79. The zero-order valence-corrected chi connectivity index (χ0v) is 14.0. The zero-order valence-electron chi connectivity index (χ0n) is 13.3. The smallest absolute Gasteiger partial charge is 0.229 e. The van der Waals surface area contributed by atoms with Gasteiger partial charge in [0.25, 0.3) is 0 Å². The highest BCUT2D eigenvalue weighted by molar-refractivity contribution is 6.35. The highest BCUT2D eigenvalue weighted by Gasteiger charge is 2.52. The second-order valence-corrected chi connectivity index (χ2v) is 6.66. The second-order valence-electron chi connectivity index (χ2n) is 6.28. The summed E-state index contributed by atoms with van der Waals surface area (Å²) in [5.74, 6) is -3.05. The van der Waals surface area contributed by atoms with E-state index in [1.165, 1.54) is 12.4 Å². The number of pyridine rings is 1. The van der Waals surface area contributed by atoms with E-state index in [-0.39, 0.29) is 5.56 Å². The van der Waals surface area contributed by atoms with Crippen molar-refractivity contribution in [3.8, 4) is 0 Å². The van der Waals surface area contributed by atoms with E-state index >= 15 is 0 Å². The molecule has 0 radical (unpaired) electrons. The molecule has 132 valence electrons. The molecule has 0 unspecified atom stereocenters. The molecule has 0 bridgehead atoms. The fourth-order valence-electron chi connectivity index (χ4n) is 3.20. The lowest BCUT2D eigenvalue weighted by Crippen LogP contribution is -2.29. The molecule has 0 atom stereocenters. The van der Waals surface area contributed by atoms with E-state index in [1.807, 2.05) is 0 Å². The van der Waals surface area contributed by atoms with Crippen LogP contribution in [0.15, 0.2) is 30.6 Å². The van der Waals surface area contributed by atoms with Crippen molar-refractivity contribution >= 4 is 34.2 Å². The number of halogens is 3. The first-order chi connectivity index (χ1) is 12.4. The van der Waals surface area contributed by atoms with Crippen LogP contribution in [0, 0.1) is 11.6 Å². The predicted octanol–water partition coefficient (Wildman–Crippen LogP) is 3.24. The van der Waals surface area contributed by atoms with Gasteiger partial charge < -0.3 is 10.7 Å². The number of H-pyrrole nitrogens is 1. The molecule has 0 aliphatic heterocycles. The number of amides is 1. The summed E-state index contributed by atoms with van der Waals surface area (Å²) >= 11 is 5.80. The number of aromatic nitrogens is 2. The van der Waals surface area contributed by atoms with Crippen molar-refractivity contribution in [3.05, 3.63) is 64.1 Å².